The van der Waals surface area contributed by atoms with Crippen molar-refractivity contribution in [3.05, 3.63) is 51.0 Å². The number of nitrogens with zero attached hydrogens (tertiary/aromatic N) is 2. The van der Waals surface area contributed by atoms with Crippen LogP contribution in [-0.4, -0.2) is 31.1 Å². The fourth-order valence-corrected chi connectivity index (χ4v) is 3.43. The van der Waals surface area contributed by atoms with Crippen molar-refractivity contribution in [1.82, 2.24) is 15.6 Å². The Hall–Kier alpha value is -1.15. The third-order valence-electron chi connectivity index (χ3n) is 4.11. The van der Waals surface area contributed by atoms with E-state index in [-0.39, 0.29) is 24.0 Å². The van der Waals surface area contributed by atoms with Gasteiger partial charge in [0.25, 0.3) is 0 Å². The van der Waals surface area contributed by atoms with Crippen LogP contribution >= 0.6 is 35.3 Å². The van der Waals surface area contributed by atoms with Gasteiger partial charge in [-0.15, -0.1) is 35.3 Å². The van der Waals surface area contributed by atoms with Crippen molar-refractivity contribution >= 4 is 41.3 Å². The van der Waals surface area contributed by atoms with Gasteiger partial charge in [-0.25, -0.2) is 4.98 Å². The Morgan fingerprint density at radius 2 is 2.00 bits per heavy atom. The zero-order valence-electron chi connectivity index (χ0n) is 15.7. The molecule has 0 aliphatic carbocycles. The summed E-state index contributed by atoms with van der Waals surface area (Å²) in [4.78, 5) is 10.2. The highest BCUT2D eigenvalue weighted by Crippen LogP contribution is 2.16. The summed E-state index contributed by atoms with van der Waals surface area (Å²) in [5.74, 6) is 1.28. The minimum absolute atomic E-state index is 0. The van der Waals surface area contributed by atoms with Crippen molar-refractivity contribution in [2.45, 2.75) is 40.0 Å². The van der Waals surface area contributed by atoms with E-state index >= 15 is 0 Å². The average Bonchev–Trinajstić information content (AvgIpc) is 2.88. The lowest BCUT2D eigenvalue weighted by atomic mass is 9.99. The molecule has 2 N–H and O–H groups in total. The van der Waals surface area contributed by atoms with E-state index in [4.69, 9.17) is 0 Å². The van der Waals surface area contributed by atoms with E-state index in [1.807, 2.05) is 7.05 Å². The van der Waals surface area contributed by atoms with Crippen LogP contribution in [-0.2, 0) is 6.42 Å². The summed E-state index contributed by atoms with van der Waals surface area (Å²) in [7, 11) is 1.81. The van der Waals surface area contributed by atoms with Crippen LogP contribution in [0.2, 0.25) is 0 Å². The van der Waals surface area contributed by atoms with Crippen molar-refractivity contribution in [3.8, 4) is 0 Å². The lowest BCUT2D eigenvalue weighted by molar-refractivity contribution is 0.697. The molecule has 0 aliphatic rings. The first-order valence-corrected chi connectivity index (χ1v) is 9.25. The molecule has 6 heteroatoms. The maximum atomic E-state index is 4.57. The lowest BCUT2D eigenvalue weighted by Crippen LogP contribution is -2.39. The van der Waals surface area contributed by atoms with Gasteiger partial charge in [-0.1, -0.05) is 36.8 Å². The van der Waals surface area contributed by atoms with Crippen molar-refractivity contribution in [3.63, 3.8) is 0 Å². The summed E-state index contributed by atoms with van der Waals surface area (Å²) in [6.45, 7) is 10.2. The van der Waals surface area contributed by atoms with E-state index in [2.05, 4.69) is 72.6 Å². The van der Waals surface area contributed by atoms with Gasteiger partial charge in [0.2, 0.25) is 0 Å². The molecule has 2 rings (SSSR count). The van der Waals surface area contributed by atoms with Gasteiger partial charge < -0.3 is 10.6 Å². The quantitative estimate of drug-likeness (QED) is 0.377. The molecule has 0 bridgehead atoms. The molecule has 1 atom stereocenters. The zero-order chi connectivity index (χ0) is 17.5. The van der Waals surface area contributed by atoms with Crippen molar-refractivity contribution < 1.29 is 0 Å². The minimum Gasteiger partial charge on any atom is -0.356 e. The van der Waals surface area contributed by atoms with E-state index in [9.17, 15) is 0 Å². The molecule has 1 unspecified atom stereocenters. The number of thiazole rings is 1. The number of hydrogen-bond acceptors (Lipinski definition) is 3. The minimum atomic E-state index is 0. The van der Waals surface area contributed by atoms with Gasteiger partial charge in [-0.3, -0.25) is 4.99 Å². The highest BCUT2D eigenvalue weighted by atomic mass is 127. The topological polar surface area (TPSA) is 49.3 Å². The molecule has 1 aromatic carbocycles. The Morgan fingerprint density at radius 1 is 1.24 bits per heavy atom. The fourth-order valence-electron chi connectivity index (χ4n) is 2.50. The summed E-state index contributed by atoms with van der Waals surface area (Å²) >= 11 is 1.78. The van der Waals surface area contributed by atoms with Crippen LogP contribution in [0.3, 0.4) is 0 Å². The molecule has 25 heavy (non-hydrogen) atoms. The Labute approximate surface area is 172 Å². The van der Waals surface area contributed by atoms with Crippen LogP contribution in [0, 0.1) is 20.8 Å². The molecule has 0 radical (unpaired) electrons. The summed E-state index contributed by atoms with van der Waals surface area (Å²) in [5, 5.41) is 7.96. The van der Waals surface area contributed by atoms with Crippen LogP contribution in [0.1, 0.15) is 39.5 Å². The maximum Gasteiger partial charge on any atom is 0.191 e. The summed E-state index contributed by atoms with van der Waals surface area (Å²) in [6.07, 6.45) is 0.924. The van der Waals surface area contributed by atoms with Gasteiger partial charge in [0, 0.05) is 31.4 Å². The Kier molecular flexibility index (Phi) is 9.42. The zero-order valence-corrected chi connectivity index (χ0v) is 18.9. The second-order valence-corrected chi connectivity index (χ2v) is 7.48. The van der Waals surface area contributed by atoms with Crippen molar-refractivity contribution in [1.29, 1.82) is 0 Å². The van der Waals surface area contributed by atoms with E-state index in [1.165, 1.54) is 21.0 Å². The average molecular weight is 472 g/mol. The number of hydrogen-bond donors (Lipinski definition) is 2. The molecular weight excluding hydrogens is 443 g/mol. The van der Waals surface area contributed by atoms with Gasteiger partial charge in [0.15, 0.2) is 5.96 Å². The van der Waals surface area contributed by atoms with E-state index in [1.54, 1.807) is 11.3 Å². The molecule has 0 spiro atoms. The highest BCUT2D eigenvalue weighted by molar-refractivity contribution is 14.0. The number of aliphatic imine (C=N–C) groups is 1. The van der Waals surface area contributed by atoms with Crippen LogP contribution in [0.15, 0.2) is 29.3 Å². The Morgan fingerprint density at radius 3 is 2.60 bits per heavy atom. The molecule has 0 fully saturated rings. The molecule has 0 saturated carbocycles. The predicted octanol–water partition coefficient (Wildman–Crippen LogP) is 4.20. The SMILES string of the molecule is CN=C(NCCc1nc(C)c(C)s1)NCC(C)c1cccc(C)c1.I. The van der Waals surface area contributed by atoms with E-state index < -0.39 is 0 Å². The first-order valence-electron chi connectivity index (χ1n) is 8.43. The fraction of sp³-hybridized carbons (Fsp3) is 0.474. The number of guanidine groups is 1. The van der Waals surface area contributed by atoms with Crippen LogP contribution in [0.5, 0.6) is 0 Å². The standard InChI is InChI=1S/C19H28N4S.HI/c1-13-7-6-8-17(11-13)14(2)12-22-19(20-5)21-10-9-18-23-15(3)16(4)24-18;/h6-8,11,14H,9-10,12H2,1-5H3,(H2,20,21,22);1H. The second kappa shape index (κ2) is 10.8. The molecule has 1 aromatic heterocycles. The summed E-state index contributed by atoms with van der Waals surface area (Å²) in [6, 6.07) is 8.68. The van der Waals surface area contributed by atoms with Gasteiger partial charge in [0.05, 0.1) is 10.7 Å². The largest absolute Gasteiger partial charge is 0.356 e. The van der Waals surface area contributed by atoms with Gasteiger partial charge >= 0.3 is 0 Å². The number of halogens is 1. The third-order valence-corrected chi connectivity index (χ3v) is 5.25. The Balaban J connectivity index is 0.00000312. The van der Waals surface area contributed by atoms with Crippen LogP contribution in [0.4, 0.5) is 0 Å². The summed E-state index contributed by atoms with van der Waals surface area (Å²) < 4.78 is 0. The molecule has 0 aliphatic heterocycles. The Bertz CT molecular complexity index is 677. The number of benzene rings is 1. The lowest BCUT2D eigenvalue weighted by Gasteiger charge is -2.16. The van der Waals surface area contributed by atoms with E-state index in [0.717, 1.165) is 31.2 Å². The van der Waals surface area contributed by atoms with Gasteiger partial charge in [-0.2, -0.15) is 0 Å². The molecule has 1 heterocycles. The van der Waals surface area contributed by atoms with Crippen LogP contribution < -0.4 is 10.6 Å². The van der Waals surface area contributed by atoms with Crippen molar-refractivity contribution in [2.75, 3.05) is 20.1 Å². The first-order chi connectivity index (χ1) is 11.5. The third kappa shape index (κ3) is 6.93. The summed E-state index contributed by atoms with van der Waals surface area (Å²) in [5.41, 5.74) is 3.80. The first kappa shape index (κ1) is 21.9. The number of aryl methyl sites for hydroxylation is 3. The smallest absolute Gasteiger partial charge is 0.191 e. The van der Waals surface area contributed by atoms with Gasteiger partial charge in [0.1, 0.15) is 0 Å². The normalized spacial score (nSPS) is 12.4. The monoisotopic (exact) mass is 472 g/mol. The number of nitrogens with one attached hydrogen (secondary N) is 2. The molecule has 0 amide bonds. The van der Waals surface area contributed by atoms with Crippen LogP contribution in [0.25, 0.3) is 0 Å². The van der Waals surface area contributed by atoms with E-state index in [0.29, 0.717) is 5.92 Å². The maximum absolute atomic E-state index is 4.57. The molecule has 4 nitrogen and oxygen atoms in total. The van der Waals surface area contributed by atoms with Gasteiger partial charge in [-0.05, 0) is 32.3 Å². The molecule has 0 saturated heterocycles. The second-order valence-electron chi connectivity index (χ2n) is 6.19. The van der Waals surface area contributed by atoms with Crippen molar-refractivity contribution in [2.24, 2.45) is 4.99 Å². The molecule has 2 aromatic rings. The molecule has 138 valence electrons. The molecular formula is C19H29IN4S. The number of aromatic nitrogens is 1. The highest BCUT2D eigenvalue weighted by Gasteiger charge is 2.07. The number of rotatable bonds is 6. The predicted molar refractivity (Wildman–Crippen MR) is 120 cm³/mol.